The number of carbonyl (C=O) groups is 2. The molecular formula is C19H18BrN5O4S2. The van der Waals surface area contributed by atoms with Gasteiger partial charge in [-0.05, 0) is 47.1 Å². The number of amides is 3. The predicted octanol–water partition coefficient (Wildman–Crippen LogP) is 5.09. The van der Waals surface area contributed by atoms with Crippen LogP contribution in [0.5, 0.6) is 0 Å². The molecule has 1 atom stereocenters. The number of urea groups is 1. The number of halogens is 1. The van der Waals surface area contributed by atoms with E-state index in [1.165, 1.54) is 6.92 Å². The van der Waals surface area contributed by atoms with Crippen LogP contribution in [0.4, 0.5) is 32.0 Å². The average molecular weight is 524 g/mol. The van der Waals surface area contributed by atoms with Gasteiger partial charge in [0.1, 0.15) is 5.00 Å². The van der Waals surface area contributed by atoms with Crippen LogP contribution >= 0.6 is 27.3 Å². The number of benzene rings is 2. The van der Waals surface area contributed by atoms with Crippen molar-refractivity contribution in [3.05, 3.63) is 58.7 Å². The number of nitrogens with one attached hydrogen (secondary N) is 3. The zero-order valence-electron chi connectivity index (χ0n) is 16.4. The summed E-state index contributed by atoms with van der Waals surface area (Å²) < 4.78 is 24.1. The van der Waals surface area contributed by atoms with E-state index in [9.17, 15) is 18.4 Å². The Morgan fingerprint density at radius 3 is 2.32 bits per heavy atom. The first kappa shape index (κ1) is 22.9. The highest BCUT2D eigenvalue weighted by atomic mass is 79.9. The van der Waals surface area contributed by atoms with Gasteiger partial charge in [0.2, 0.25) is 5.91 Å². The third-order valence-electron chi connectivity index (χ3n) is 3.89. The maximum absolute atomic E-state index is 12.6. The van der Waals surface area contributed by atoms with E-state index >= 15 is 0 Å². The summed E-state index contributed by atoms with van der Waals surface area (Å²) in [6.45, 7) is 3.01. The van der Waals surface area contributed by atoms with Crippen molar-refractivity contribution in [2.24, 2.45) is 0 Å². The maximum atomic E-state index is 12.6. The Bertz CT molecular complexity index is 1150. The van der Waals surface area contributed by atoms with E-state index in [2.05, 4.69) is 36.9 Å². The summed E-state index contributed by atoms with van der Waals surface area (Å²) in [5.41, 5.74) is 1.61. The Hall–Kier alpha value is -2.80. The number of rotatable bonds is 6. The Morgan fingerprint density at radius 2 is 1.68 bits per heavy atom. The van der Waals surface area contributed by atoms with Crippen LogP contribution in [0.2, 0.25) is 0 Å². The predicted molar refractivity (Wildman–Crippen MR) is 127 cm³/mol. The Morgan fingerprint density at radius 1 is 1.06 bits per heavy atom. The molecule has 0 aliphatic carbocycles. The SMILES string of the molecule is CC(=O)Nc1nc(C)c(N(c2ccccc2NC(=O)Nc2ccccc2Br)S(=O)O)s1. The van der Waals surface area contributed by atoms with Gasteiger partial charge in [-0.25, -0.2) is 18.3 Å². The fourth-order valence-corrected chi connectivity index (χ4v) is 4.86. The van der Waals surface area contributed by atoms with Crippen molar-refractivity contribution >= 4 is 77.7 Å². The first-order chi connectivity index (χ1) is 14.8. The number of aryl methyl sites for hydroxylation is 1. The molecule has 4 N–H and O–H groups in total. The molecule has 0 spiro atoms. The third-order valence-corrected chi connectivity index (χ3v) is 6.45. The van der Waals surface area contributed by atoms with Crippen LogP contribution in [0.25, 0.3) is 0 Å². The van der Waals surface area contributed by atoms with Gasteiger partial charge >= 0.3 is 6.03 Å². The Kier molecular flexibility index (Phi) is 7.38. The molecule has 0 aliphatic rings. The highest BCUT2D eigenvalue weighted by Gasteiger charge is 2.24. The van der Waals surface area contributed by atoms with Gasteiger partial charge in [0.15, 0.2) is 5.13 Å². The lowest BCUT2D eigenvalue weighted by Crippen LogP contribution is -2.24. The molecule has 0 fully saturated rings. The largest absolute Gasteiger partial charge is 0.323 e. The van der Waals surface area contributed by atoms with Gasteiger partial charge in [-0.2, -0.15) is 0 Å². The standard InChI is InChI=1S/C19H18BrN5O4S2/c1-11-17(30-19(21-11)22-12(2)26)25(31(28)29)16-10-6-5-9-15(16)24-18(27)23-14-8-4-3-7-13(14)20/h3-10H,1-2H3,(H,28,29)(H,21,22,26)(H2,23,24,27). The Balaban J connectivity index is 1.92. The summed E-state index contributed by atoms with van der Waals surface area (Å²) in [6, 6.07) is 13.2. The monoisotopic (exact) mass is 523 g/mol. The first-order valence-corrected chi connectivity index (χ1v) is 11.5. The number of hydrogen-bond donors (Lipinski definition) is 4. The number of anilines is 5. The van der Waals surface area contributed by atoms with E-state index in [4.69, 9.17) is 0 Å². The second kappa shape index (κ2) is 10.0. The minimum atomic E-state index is -2.47. The summed E-state index contributed by atoms with van der Waals surface area (Å²) in [7, 11) is 0. The van der Waals surface area contributed by atoms with Crippen LogP contribution in [-0.4, -0.2) is 25.7 Å². The van der Waals surface area contributed by atoms with Crippen molar-refractivity contribution in [2.45, 2.75) is 13.8 Å². The minimum Gasteiger partial charge on any atom is -0.307 e. The van der Waals surface area contributed by atoms with E-state index in [0.717, 1.165) is 15.6 Å². The fraction of sp³-hybridized carbons (Fsp3) is 0.105. The summed E-state index contributed by atoms with van der Waals surface area (Å²) in [5.74, 6) is -0.303. The molecule has 1 aromatic heterocycles. The average Bonchev–Trinajstić information content (AvgIpc) is 3.04. The number of nitrogens with zero attached hydrogens (tertiary/aromatic N) is 2. The molecule has 0 radical (unpaired) electrons. The van der Waals surface area contributed by atoms with Crippen molar-refractivity contribution < 1.29 is 18.4 Å². The van der Waals surface area contributed by atoms with E-state index in [-0.39, 0.29) is 11.6 Å². The van der Waals surface area contributed by atoms with Crippen molar-refractivity contribution in [3.63, 3.8) is 0 Å². The summed E-state index contributed by atoms with van der Waals surface area (Å²) >= 11 is 1.94. The summed E-state index contributed by atoms with van der Waals surface area (Å²) in [4.78, 5) is 28.1. The van der Waals surface area contributed by atoms with E-state index in [1.807, 2.05) is 6.07 Å². The minimum absolute atomic E-state index is 0.284. The number of hydrogen-bond acceptors (Lipinski definition) is 5. The summed E-state index contributed by atoms with van der Waals surface area (Å²) in [6.07, 6.45) is 0. The van der Waals surface area contributed by atoms with Gasteiger partial charge in [-0.3, -0.25) is 9.35 Å². The van der Waals surface area contributed by atoms with Gasteiger partial charge in [-0.1, -0.05) is 35.6 Å². The third kappa shape index (κ3) is 5.67. The molecule has 0 bridgehead atoms. The normalized spacial score (nSPS) is 11.5. The van der Waals surface area contributed by atoms with Crippen molar-refractivity contribution in [1.82, 2.24) is 4.98 Å². The van der Waals surface area contributed by atoms with Gasteiger partial charge in [0.05, 0.1) is 22.8 Å². The lowest BCUT2D eigenvalue weighted by molar-refractivity contribution is -0.114. The van der Waals surface area contributed by atoms with Crippen LogP contribution in [0, 0.1) is 6.92 Å². The number of thiazole rings is 1. The molecule has 3 rings (SSSR count). The number of para-hydroxylation sites is 3. The van der Waals surface area contributed by atoms with Crippen LogP contribution in [-0.2, 0) is 16.1 Å². The molecular weight excluding hydrogens is 506 g/mol. The first-order valence-electron chi connectivity index (χ1n) is 8.84. The molecule has 2 aromatic carbocycles. The van der Waals surface area contributed by atoms with Crippen LogP contribution in [0.15, 0.2) is 53.0 Å². The molecule has 1 heterocycles. The van der Waals surface area contributed by atoms with E-state index in [1.54, 1.807) is 49.4 Å². The van der Waals surface area contributed by atoms with Crippen LogP contribution < -0.4 is 20.3 Å². The highest BCUT2D eigenvalue weighted by Crippen LogP contribution is 2.40. The van der Waals surface area contributed by atoms with Gasteiger partial charge in [0, 0.05) is 11.4 Å². The quantitative estimate of drug-likeness (QED) is 0.335. The van der Waals surface area contributed by atoms with Crippen LogP contribution in [0.3, 0.4) is 0 Å². The molecule has 162 valence electrons. The fourth-order valence-electron chi connectivity index (χ4n) is 2.64. The highest BCUT2D eigenvalue weighted by molar-refractivity contribution is 9.10. The van der Waals surface area contributed by atoms with Crippen molar-refractivity contribution in [3.8, 4) is 0 Å². The van der Waals surface area contributed by atoms with E-state index in [0.29, 0.717) is 31.7 Å². The van der Waals surface area contributed by atoms with Gasteiger partial charge in [-0.15, -0.1) is 0 Å². The second-order valence-corrected chi connectivity index (χ2v) is 8.85. The molecule has 3 aromatic rings. The number of carbonyl (C=O) groups excluding carboxylic acids is 2. The zero-order valence-corrected chi connectivity index (χ0v) is 19.6. The zero-order chi connectivity index (χ0) is 22.5. The molecule has 9 nitrogen and oxygen atoms in total. The molecule has 0 aliphatic heterocycles. The van der Waals surface area contributed by atoms with Gasteiger partial charge < -0.3 is 16.0 Å². The topological polar surface area (TPSA) is 124 Å². The molecule has 31 heavy (non-hydrogen) atoms. The van der Waals surface area contributed by atoms with Crippen molar-refractivity contribution in [1.29, 1.82) is 0 Å². The molecule has 12 heteroatoms. The number of aromatic nitrogens is 1. The van der Waals surface area contributed by atoms with Gasteiger partial charge in [0.25, 0.3) is 11.3 Å². The smallest absolute Gasteiger partial charge is 0.307 e. The maximum Gasteiger partial charge on any atom is 0.323 e. The van der Waals surface area contributed by atoms with Crippen molar-refractivity contribution in [2.75, 3.05) is 20.3 Å². The lowest BCUT2D eigenvalue weighted by Gasteiger charge is -2.22. The second-order valence-electron chi connectivity index (χ2n) is 6.19. The lowest BCUT2D eigenvalue weighted by atomic mass is 10.2. The molecule has 1 unspecified atom stereocenters. The molecule has 3 amide bonds. The Labute approximate surface area is 193 Å². The molecule has 0 saturated carbocycles. The summed E-state index contributed by atoms with van der Waals surface area (Å²) in [5, 5.41) is 8.64. The van der Waals surface area contributed by atoms with Crippen LogP contribution in [0.1, 0.15) is 12.6 Å². The molecule has 0 saturated heterocycles. The van der Waals surface area contributed by atoms with E-state index < -0.39 is 17.3 Å².